The summed E-state index contributed by atoms with van der Waals surface area (Å²) < 4.78 is 13.3. The Morgan fingerprint density at radius 2 is 2.20 bits per heavy atom. The van der Waals surface area contributed by atoms with Gasteiger partial charge in [-0.1, -0.05) is 12.1 Å². The molecular weight excluding hydrogens is 195 g/mol. The first-order valence-electron chi connectivity index (χ1n) is 4.47. The number of H-pyrrole nitrogens is 1. The van der Waals surface area contributed by atoms with Crippen molar-refractivity contribution in [2.75, 3.05) is 0 Å². The molecule has 2 aromatic rings. The van der Waals surface area contributed by atoms with Crippen molar-refractivity contribution in [3.05, 3.63) is 52.5 Å². The van der Waals surface area contributed by atoms with Gasteiger partial charge in [-0.25, -0.2) is 9.37 Å². The second-order valence-electron chi connectivity index (χ2n) is 3.26. The zero-order valence-electron chi connectivity index (χ0n) is 8.12. The minimum Gasteiger partial charge on any atom is -0.313 e. The number of aromatic nitrogens is 2. The van der Waals surface area contributed by atoms with Crippen molar-refractivity contribution in [2.45, 2.75) is 6.92 Å². The fourth-order valence-electron chi connectivity index (χ4n) is 1.31. The number of benzene rings is 1. The second-order valence-corrected chi connectivity index (χ2v) is 3.26. The smallest absolute Gasteiger partial charge is 0.258 e. The average molecular weight is 204 g/mol. The summed E-state index contributed by atoms with van der Waals surface area (Å²) in [6.45, 7) is 1.67. The highest BCUT2D eigenvalue weighted by atomic mass is 19.1. The summed E-state index contributed by atoms with van der Waals surface area (Å²) in [5.41, 5.74) is 1.19. The molecule has 1 aromatic carbocycles. The zero-order chi connectivity index (χ0) is 10.8. The summed E-state index contributed by atoms with van der Waals surface area (Å²) in [6.07, 6.45) is 2.72. The molecule has 1 heterocycles. The lowest BCUT2D eigenvalue weighted by molar-refractivity contribution is 0.619. The van der Waals surface area contributed by atoms with Crippen LogP contribution in [0.3, 0.4) is 0 Å². The minimum atomic E-state index is -0.323. The van der Waals surface area contributed by atoms with E-state index in [1.165, 1.54) is 18.6 Å². The van der Waals surface area contributed by atoms with E-state index in [1.54, 1.807) is 19.1 Å². The number of rotatable bonds is 1. The zero-order valence-corrected chi connectivity index (χ0v) is 8.12. The molecule has 2 rings (SSSR count). The van der Waals surface area contributed by atoms with E-state index in [0.29, 0.717) is 16.7 Å². The third-order valence-corrected chi connectivity index (χ3v) is 2.20. The van der Waals surface area contributed by atoms with Crippen molar-refractivity contribution >= 4 is 0 Å². The lowest BCUT2D eigenvalue weighted by Gasteiger charge is -2.01. The minimum absolute atomic E-state index is 0.270. The van der Waals surface area contributed by atoms with E-state index in [0.717, 1.165) is 0 Å². The molecule has 0 unspecified atom stereocenters. The third kappa shape index (κ3) is 1.79. The number of hydrogen-bond donors (Lipinski definition) is 1. The predicted octanol–water partition coefficient (Wildman–Crippen LogP) is 1.88. The summed E-state index contributed by atoms with van der Waals surface area (Å²) in [4.78, 5) is 17.6. The molecule has 0 fully saturated rings. The Morgan fingerprint density at radius 3 is 2.87 bits per heavy atom. The molecule has 0 saturated heterocycles. The fourth-order valence-corrected chi connectivity index (χ4v) is 1.31. The quantitative estimate of drug-likeness (QED) is 0.770. The van der Waals surface area contributed by atoms with Crippen molar-refractivity contribution in [1.82, 2.24) is 9.97 Å². The first-order valence-corrected chi connectivity index (χ1v) is 4.47. The summed E-state index contributed by atoms with van der Waals surface area (Å²) in [6, 6.07) is 4.67. The summed E-state index contributed by atoms with van der Waals surface area (Å²) in [5.74, 6) is -0.323. The van der Waals surface area contributed by atoms with Gasteiger partial charge < -0.3 is 4.98 Å². The molecular formula is C11H9FN2O. The van der Waals surface area contributed by atoms with E-state index in [4.69, 9.17) is 0 Å². The Balaban J connectivity index is 2.60. The van der Waals surface area contributed by atoms with Crippen molar-refractivity contribution < 1.29 is 4.39 Å². The van der Waals surface area contributed by atoms with Crippen LogP contribution in [0, 0.1) is 12.7 Å². The Morgan fingerprint density at radius 1 is 1.40 bits per heavy atom. The summed E-state index contributed by atoms with van der Waals surface area (Å²) in [5, 5.41) is 0. The molecule has 1 N–H and O–H groups in total. The van der Waals surface area contributed by atoms with E-state index < -0.39 is 0 Å². The Kier molecular flexibility index (Phi) is 2.33. The maximum absolute atomic E-state index is 13.3. The molecule has 0 saturated carbocycles. The standard InChI is InChI=1S/C11H9FN2O/c1-7-2-3-8(4-10(7)12)9-5-13-6-14-11(9)15/h2-6H,1H3,(H,13,14,15). The Hall–Kier alpha value is -1.97. The molecule has 15 heavy (non-hydrogen) atoms. The van der Waals surface area contributed by atoms with Crippen molar-refractivity contribution in [1.29, 1.82) is 0 Å². The molecule has 0 radical (unpaired) electrons. The van der Waals surface area contributed by atoms with Crippen LogP contribution in [0.25, 0.3) is 11.1 Å². The van der Waals surface area contributed by atoms with Gasteiger partial charge in [0.05, 0.1) is 11.9 Å². The van der Waals surface area contributed by atoms with Gasteiger partial charge in [0.25, 0.3) is 5.56 Å². The van der Waals surface area contributed by atoms with E-state index in [2.05, 4.69) is 9.97 Å². The average Bonchev–Trinajstić information content (AvgIpc) is 2.23. The molecule has 0 atom stereocenters. The third-order valence-electron chi connectivity index (χ3n) is 2.20. The monoisotopic (exact) mass is 204 g/mol. The summed E-state index contributed by atoms with van der Waals surface area (Å²) >= 11 is 0. The fraction of sp³-hybridized carbons (Fsp3) is 0.0909. The molecule has 0 bridgehead atoms. The van der Waals surface area contributed by atoms with Crippen molar-refractivity contribution in [3.8, 4) is 11.1 Å². The van der Waals surface area contributed by atoms with Gasteiger partial charge >= 0.3 is 0 Å². The number of nitrogens with one attached hydrogen (secondary N) is 1. The van der Waals surface area contributed by atoms with E-state index in [9.17, 15) is 9.18 Å². The van der Waals surface area contributed by atoms with E-state index in [-0.39, 0.29) is 11.4 Å². The number of hydrogen-bond acceptors (Lipinski definition) is 2. The predicted molar refractivity (Wildman–Crippen MR) is 55.0 cm³/mol. The molecule has 3 nitrogen and oxygen atoms in total. The van der Waals surface area contributed by atoms with Gasteiger partial charge in [0.1, 0.15) is 5.82 Å². The number of aryl methyl sites for hydroxylation is 1. The molecule has 76 valence electrons. The van der Waals surface area contributed by atoms with Crippen molar-refractivity contribution in [2.24, 2.45) is 0 Å². The maximum atomic E-state index is 13.3. The van der Waals surface area contributed by atoms with Gasteiger partial charge in [-0.15, -0.1) is 0 Å². The molecule has 0 aliphatic heterocycles. The van der Waals surface area contributed by atoms with Crippen LogP contribution < -0.4 is 5.56 Å². The highest BCUT2D eigenvalue weighted by molar-refractivity contribution is 5.61. The molecule has 1 aromatic heterocycles. The van der Waals surface area contributed by atoms with Crippen LogP contribution in [0.1, 0.15) is 5.56 Å². The summed E-state index contributed by atoms with van der Waals surface area (Å²) in [7, 11) is 0. The maximum Gasteiger partial charge on any atom is 0.258 e. The first kappa shape index (κ1) is 9.58. The van der Waals surface area contributed by atoms with Crippen LogP contribution in [0.5, 0.6) is 0 Å². The Labute approximate surface area is 85.6 Å². The van der Waals surface area contributed by atoms with Crippen LogP contribution >= 0.6 is 0 Å². The lowest BCUT2D eigenvalue weighted by Crippen LogP contribution is -2.08. The van der Waals surface area contributed by atoms with Crippen LogP contribution in [-0.4, -0.2) is 9.97 Å². The van der Waals surface area contributed by atoms with Gasteiger partial charge in [0.15, 0.2) is 0 Å². The van der Waals surface area contributed by atoms with E-state index in [1.807, 2.05) is 0 Å². The number of aromatic amines is 1. The molecule has 0 amide bonds. The highest BCUT2D eigenvalue weighted by Gasteiger charge is 2.05. The number of nitrogens with zero attached hydrogens (tertiary/aromatic N) is 1. The van der Waals surface area contributed by atoms with Crippen LogP contribution in [0.15, 0.2) is 35.5 Å². The van der Waals surface area contributed by atoms with Gasteiger partial charge in [-0.05, 0) is 24.1 Å². The van der Waals surface area contributed by atoms with E-state index >= 15 is 0 Å². The molecule has 0 aliphatic carbocycles. The Bertz CT molecular complexity index is 548. The molecule has 0 spiro atoms. The first-order chi connectivity index (χ1) is 7.18. The highest BCUT2D eigenvalue weighted by Crippen LogP contribution is 2.17. The lowest BCUT2D eigenvalue weighted by atomic mass is 10.1. The SMILES string of the molecule is Cc1ccc(-c2cnc[nH]c2=O)cc1F. The normalized spacial score (nSPS) is 10.3. The largest absolute Gasteiger partial charge is 0.313 e. The molecule has 4 heteroatoms. The molecule has 0 aliphatic rings. The van der Waals surface area contributed by atoms with Gasteiger partial charge in [-0.2, -0.15) is 0 Å². The van der Waals surface area contributed by atoms with Gasteiger partial charge in [0.2, 0.25) is 0 Å². The second kappa shape index (κ2) is 3.65. The van der Waals surface area contributed by atoms with Gasteiger partial charge in [-0.3, -0.25) is 4.79 Å². The number of halogens is 1. The van der Waals surface area contributed by atoms with Gasteiger partial charge in [0, 0.05) is 6.20 Å². The van der Waals surface area contributed by atoms with Crippen molar-refractivity contribution in [3.63, 3.8) is 0 Å². The van der Waals surface area contributed by atoms with Crippen LogP contribution in [0.4, 0.5) is 4.39 Å². The topological polar surface area (TPSA) is 45.8 Å². The van der Waals surface area contributed by atoms with Crippen LogP contribution in [-0.2, 0) is 0 Å². The van der Waals surface area contributed by atoms with Crippen LogP contribution in [0.2, 0.25) is 0 Å².